The van der Waals surface area contributed by atoms with Gasteiger partial charge in [-0.3, -0.25) is 9.69 Å². The Bertz CT molecular complexity index is 1010. The highest BCUT2D eigenvalue weighted by molar-refractivity contribution is 6.02. The summed E-state index contributed by atoms with van der Waals surface area (Å²) in [6.45, 7) is 0.726. The molecule has 1 aromatic heterocycles. The Morgan fingerprint density at radius 3 is 2.92 bits per heavy atom. The molecule has 2 saturated heterocycles. The summed E-state index contributed by atoms with van der Waals surface area (Å²) in [5, 5.41) is 13.9. The van der Waals surface area contributed by atoms with E-state index in [4.69, 9.17) is 0 Å². The number of carboxylic acids is 1. The molecule has 3 aliphatic heterocycles. The van der Waals surface area contributed by atoms with Gasteiger partial charge in [-0.2, -0.15) is 0 Å². The summed E-state index contributed by atoms with van der Waals surface area (Å²) in [5.41, 5.74) is 2.53. The van der Waals surface area contributed by atoms with E-state index in [2.05, 4.69) is 10.3 Å². The van der Waals surface area contributed by atoms with E-state index in [0.29, 0.717) is 0 Å². The molecule has 130 valence electrons. The predicted molar refractivity (Wildman–Crippen MR) is 96.0 cm³/mol. The van der Waals surface area contributed by atoms with Gasteiger partial charge in [0.1, 0.15) is 11.7 Å². The van der Waals surface area contributed by atoms with E-state index in [-0.39, 0.29) is 29.6 Å². The SMILES string of the molecule is O=C(O)C1=C(/C=C/c2ccc3ccccc3n2)C2CCN[C@@H]3C(=O)N1[C@H]23. The van der Waals surface area contributed by atoms with Gasteiger partial charge in [-0.1, -0.05) is 30.3 Å². The van der Waals surface area contributed by atoms with Crippen molar-refractivity contribution in [3.05, 3.63) is 59.4 Å². The second kappa shape index (κ2) is 5.51. The third-order valence-electron chi connectivity index (χ3n) is 5.54. The summed E-state index contributed by atoms with van der Waals surface area (Å²) >= 11 is 0. The summed E-state index contributed by atoms with van der Waals surface area (Å²) in [5.74, 6) is -1.11. The minimum atomic E-state index is -1.04. The van der Waals surface area contributed by atoms with Gasteiger partial charge in [0.25, 0.3) is 0 Å². The molecule has 1 amide bonds. The average Bonchev–Trinajstić information content (AvgIpc) is 2.99. The molecule has 26 heavy (non-hydrogen) atoms. The molecule has 2 aromatic rings. The van der Waals surface area contributed by atoms with E-state index in [1.54, 1.807) is 0 Å². The lowest BCUT2D eigenvalue weighted by Gasteiger charge is -2.48. The number of aliphatic carboxylic acids is 1. The first-order valence-corrected chi connectivity index (χ1v) is 8.73. The van der Waals surface area contributed by atoms with Gasteiger partial charge in [-0.05, 0) is 36.7 Å². The fraction of sp³-hybridized carbons (Fsp3) is 0.250. The predicted octanol–water partition coefficient (Wildman–Crippen LogP) is 1.79. The van der Waals surface area contributed by atoms with Crippen LogP contribution in [0.3, 0.4) is 0 Å². The van der Waals surface area contributed by atoms with Gasteiger partial charge in [0.05, 0.1) is 17.3 Å². The van der Waals surface area contributed by atoms with Crippen LogP contribution in [0.15, 0.2) is 53.7 Å². The van der Waals surface area contributed by atoms with Crippen LogP contribution in [-0.2, 0) is 9.59 Å². The number of nitrogens with zero attached hydrogens (tertiary/aromatic N) is 2. The average molecular weight is 347 g/mol. The molecular weight excluding hydrogens is 330 g/mol. The van der Waals surface area contributed by atoms with Crippen molar-refractivity contribution in [1.82, 2.24) is 15.2 Å². The van der Waals surface area contributed by atoms with Gasteiger partial charge in [0.2, 0.25) is 5.91 Å². The highest BCUT2D eigenvalue weighted by atomic mass is 16.4. The third kappa shape index (κ3) is 2.05. The lowest BCUT2D eigenvalue weighted by atomic mass is 9.79. The number of pyridine rings is 1. The first kappa shape index (κ1) is 15.3. The number of rotatable bonds is 3. The topological polar surface area (TPSA) is 82.5 Å². The van der Waals surface area contributed by atoms with Crippen molar-refractivity contribution in [3.8, 4) is 0 Å². The Labute approximate surface area is 149 Å². The number of aromatic nitrogens is 1. The number of carbonyl (C=O) groups excluding carboxylic acids is 1. The molecule has 0 bridgehead atoms. The molecule has 0 radical (unpaired) electrons. The van der Waals surface area contributed by atoms with Crippen molar-refractivity contribution in [2.75, 3.05) is 6.54 Å². The lowest BCUT2D eigenvalue weighted by Crippen LogP contribution is -2.71. The summed E-state index contributed by atoms with van der Waals surface area (Å²) in [6.07, 6.45) is 4.50. The number of allylic oxidation sites excluding steroid dienone is 1. The third-order valence-corrected chi connectivity index (χ3v) is 5.54. The molecule has 2 fully saturated rings. The van der Waals surface area contributed by atoms with Crippen LogP contribution in [0.25, 0.3) is 17.0 Å². The number of nitrogens with one attached hydrogen (secondary N) is 1. The maximum atomic E-state index is 12.3. The maximum absolute atomic E-state index is 12.3. The largest absolute Gasteiger partial charge is 0.477 e. The van der Waals surface area contributed by atoms with Gasteiger partial charge in [0.15, 0.2) is 0 Å². The molecule has 6 heteroatoms. The molecule has 5 rings (SSSR count). The summed E-state index contributed by atoms with van der Waals surface area (Å²) < 4.78 is 0. The summed E-state index contributed by atoms with van der Waals surface area (Å²) in [4.78, 5) is 30.1. The van der Waals surface area contributed by atoms with E-state index in [1.807, 2.05) is 48.6 Å². The second-order valence-corrected chi connectivity index (χ2v) is 6.90. The van der Waals surface area contributed by atoms with E-state index < -0.39 is 5.97 Å². The summed E-state index contributed by atoms with van der Waals surface area (Å²) in [6, 6.07) is 11.5. The molecule has 1 unspecified atom stereocenters. The van der Waals surface area contributed by atoms with Crippen molar-refractivity contribution >= 4 is 28.9 Å². The number of carbonyl (C=O) groups is 2. The van der Waals surface area contributed by atoms with E-state index in [1.165, 1.54) is 4.90 Å². The fourth-order valence-corrected chi connectivity index (χ4v) is 4.39. The molecule has 3 aliphatic rings. The quantitative estimate of drug-likeness (QED) is 0.827. The van der Waals surface area contributed by atoms with Gasteiger partial charge >= 0.3 is 5.97 Å². The number of carboxylic acid groups (broad SMARTS) is 1. The standard InChI is InChI=1S/C20H17N3O3/c24-19-16-17-14(9-10-21-16)13(18(20(25)26)23(17)19)8-7-12-6-5-11-3-1-2-4-15(11)22-12/h1-8,14,16-17,21H,9-10H2,(H,25,26)/b8-7+/t14?,16-,17+/m0/s1. The van der Waals surface area contributed by atoms with Crippen LogP contribution in [-0.4, -0.2) is 45.5 Å². The van der Waals surface area contributed by atoms with Crippen LogP contribution < -0.4 is 5.32 Å². The van der Waals surface area contributed by atoms with Crippen LogP contribution in [0.2, 0.25) is 0 Å². The fourth-order valence-electron chi connectivity index (χ4n) is 4.39. The van der Waals surface area contributed by atoms with E-state index in [9.17, 15) is 14.7 Å². The number of amides is 1. The Hall–Kier alpha value is -2.99. The lowest BCUT2D eigenvalue weighted by molar-refractivity contribution is -0.154. The van der Waals surface area contributed by atoms with Crippen molar-refractivity contribution in [1.29, 1.82) is 0 Å². The van der Waals surface area contributed by atoms with Crippen LogP contribution >= 0.6 is 0 Å². The minimum absolute atomic E-state index is 0.0634. The van der Waals surface area contributed by atoms with Crippen LogP contribution in [0.1, 0.15) is 12.1 Å². The highest BCUT2D eigenvalue weighted by Crippen LogP contribution is 2.46. The van der Waals surface area contributed by atoms with E-state index >= 15 is 0 Å². The first-order valence-electron chi connectivity index (χ1n) is 8.73. The normalized spacial score (nSPS) is 27.2. The number of hydrogen-bond donors (Lipinski definition) is 2. The molecule has 2 N–H and O–H groups in total. The van der Waals surface area contributed by atoms with Crippen molar-refractivity contribution in [2.45, 2.75) is 18.5 Å². The number of β-lactam (4-membered cyclic amide) rings is 1. The van der Waals surface area contributed by atoms with Gasteiger partial charge in [-0.25, -0.2) is 9.78 Å². The monoisotopic (exact) mass is 347 g/mol. The zero-order valence-electron chi connectivity index (χ0n) is 13.9. The zero-order chi connectivity index (χ0) is 17.8. The first-order chi connectivity index (χ1) is 12.6. The number of hydrogen-bond acceptors (Lipinski definition) is 4. The number of fused-ring (bicyclic) bond motifs is 1. The van der Waals surface area contributed by atoms with Crippen molar-refractivity contribution in [3.63, 3.8) is 0 Å². The Kier molecular flexibility index (Phi) is 3.24. The Morgan fingerprint density at radius 2 is 2.08 bits per heavy atom. The number of benzene rings is 1. The number of piperidine rings is 1. The molecule has 4 heterocycles. The molecule has 3 atom stereocenters. The highest BCUT2D eigenvalue weighted by Gasteiger charge is 2.60. The summed E-state index contributed by atoms with van der Waals surface area (Å²) in [7, 11) is 0. The molecule has 0 aliphatic carbocycles. The molecule has 6 nitrogen and oxygen atoms in total. The Balaban J connectivity index is 1.54. The van der Waals surface area contributed by atoms with E-state index in [0.717, 1.165) is 35.1 Å². The molecule has 0 saturated carbocycles. The molecule has 0 spiro atoms. The smallest absolute Gasteiger partial charge is 0.352 e. The van der Waals surface area contributed by atoms with Gasteiger partial charge in [0, 0.05) is 11.3 Å². The van der Waals surface area contributed by atoms with Gasteiger partial charge < -0.3 is 10.4 Å². The second-order valence-electron chi connectivity index (χ2n) is 6.90. The maximum Gasteiger partial charge on any atom is 0.352 e. The molecule has 1 aromatic carbocycles. The molecular formula is C20H17N3O3. The van der Waals surface area contributed by atoms with Crippen molar-refractivity contribution < 1.29 is 14.7 Å². The number of para-hydroxylation sites is 1. The minimum Gasteiger partial charge on any atom is -0.477 e. The van der Waals surface area contributed by atoms with Crippen LogP contribution in [0.4, 0.5) is 0 Å². The van der Waals surface area contributed by atoms with Crippen LogP contribution in [0.5, 0.6) is 0 Å². The van der Waals surface area contributed by atoms with Gasteiger partial charge in [-0.15, -0.1) is 0 Å². The van der Waals surface area contributed by atoms with Crippen molar-refractivity contribution in [2.24, 2.45) is 5.92 Å². The Morgan fingerprint density at radius 1 is 1.23 bits per heavy atom. The zero-order valence-corrected chi connectivity index (χ0v) is 13.9. The van der Waals surface area contributed by atoms with Crippen LogP contribution in [0, 0.1) is 5.92 Å².